The standard InChI is InChI=1S/C21H18ClN3O4/c1-11-9-23-18-6-5-13(8-16(11)18)28-19-15-4-2-3-14(15)12(7-17(19)22)10-25-20(26)24-21(27)29-25/h5-9,23H,2-4,10H2,1H3,(H,24,26,27). The van der Waals surface area contributed by atoms with Crippen LogP contribution in [-0.4, -0.2) is 14.7 Å². The molecule has 2 heterocycles. The van der Waals surface area contributed by atoms with E-state index in [2.05, 4.69) is 9.97 Å². The van der Waals surface area contributed by atoms with Crippen LogP contribution in [0.1, 0.15) is 28.7 Å². The lowest BCUT2D eigenvalue weighted by atomic mass is 10.0. The summed E-state index contributed by atoms with van der Waals surface area (Å²) in [6, 6.07) is 7.69. The topological polar surface area (TPSA) is 93.0 Å². The maximum absolute atomic E-state index is 11.8. The van der Waals surface area contributed by atoms with Crippen LogP contribution in [0, 0.1) is 6.92 Å². The molecule has 148 valence electrons. The van der Waals surface area contributed by atoms with E-state index >= 15 is 0 Å². The van der Waals surface area contributed by atoms with Crippen LogP contribution in [0.25, 0.3) is 10.9 Å². The summed E-state index contributed by atoms with van der Waals surface area (Å²) < 4.78 is 12.1. The van der Waals surface area contributed by atoms with E-state index in [0.717, 1.165) is 62.9 Å². The van der Waals surface area contributed by atoms with Gasteiger partial charge in [-0.1, -0.05) is 11.6 Å². The highest BCUT2D eigenvalue weighted by Crippen LogP contribution is 2.42. The fourth-order valence-electron chi connectivity index (χ4n) is 4.04. The number of H-pyrrole nitrogens is 2. The zero-order valence-corrected chi connectivity index (χ0v) is 16.4. The largest absolute Gasteiger partial charge is 0.455 e. The van der Waals surface area contributed by atoms with E-state index in [9.17, 15) is 9.59 Å². The molecule has 2 aromatic carbocycles. The Kier molecular flexibility index (Phi) is 4.13. The molecule has 0 unspecified atom stereocenters. The highest BCUT2D eigenvalue weighted by atomic mass is 35.5. The monoisotopic (exact) mass is 411 g/mol. The molecule has 0 bridgehead atoms. The average Bonchev–Trinajstić information content (AvgIpc) is 3.39. The molecule has 5 rings (SSSR count). The molecule has 1 aliphatic rings. The first-order chi connectivity index (χ1) is 14.0. The van der Waals surface area contributed by atoms with Crippen LogP contribution in [0.2, 0.25) is 5.02 Å². The van der Waals surface area contributed by atoms with Crippen molar-refractivity contribution in [1.29, 1.82) is 0 Å². The summed E-state index contributed by atoms with van der Waals surface area (Å²) in [5, 5.41) is 1.58. The maximum atomic E-state index is 11.8. The van der Waals surface area contributed by atoms with Crippen LogP contribution < -0.4 is 16.2 Å². The van der Waals surface area contributed by atoms with Gasteiger partial charge in [-0.3, -0.25) is 0 Å². The summed E-state index contributed by atoms with van der Waals surface area (Å²) in [7, 11) is 0. The lowest BCUT2D eigenvalue weighted by Gasteiger charge is -2.16. The molecule has 0 amide bonds. The first kappa shape index (κ1) is 17.9. The number of hydrogen-bond acceptors (Lipinski definition) is 4. The number of ether oxygens (including phenoxy) is 1. The van der Waals surface area contributed by atoms with E-state index in [-0.39, 0.29) is 6.54 Å². The third kappa shape index (κ3) is 3.07. The van der Waals surface area contributed by atoms with Crippen molar-refractivity contribution in [3.63, 3.8) is 0 Å². The molecule has 2 N–H and O–H groups in total. The van der Waals surface area contributed by atoms with Gasteiger partial charge in [-0.05, 0) is 72.7 Å². The first-order valence-corrected chi connectivity index (χ1v) is 9.76. The predicted molar refractivity (Wildman–Crippen MR) is 109 cm³/mol. The third-order valence-corrected chi connectivity index (χ3v) is 5.70. The van der Waals surface area contributed by atoms with Gasteiger partial charge in [-0.15, -0.1) is 4.74 Å². The van der Waals surface area contributed by atoms with Crippen LogP contribution in [0.3, 0.4) is 0 Å². The summed E-state index contributed by atoms with van der Waals surface area (Å²) in [5.74, 6) is 0.600. The number of hydrogen-bond donors (Lipinski definition) is 2. The molecule has 0 aliphatic heterocycles. The Morgan fingerprint density at radius 3 is 2.83 bits per heavy atom. The van der Waals surface area contributed by atoms with Crippen molar-refractivity contribution in [1.82, 2.24) is 14.7 Å². The molecule has 4 aromatic rings. The van der Waals surface area contributed by atoms with Crippen LogP contribution in [-0.2, 0) is 19.4 Å². The zero-order chi connectivity index (χ0) is 20.1. The van der Waals surface area contributed by atoms with Crippen molar-refractivity contribution in [3.8, 4) is 11.5 Å². The zero-order valence-electron chi connectivity index (χ0n) is 15.7. The van der Waals surface area contributed by atoms with Gasteiger partial charge < -0.3 is 14.2 Å². The molecule has 0 radical (unpaired) electrons. The van der Waals surface area contributed by atoms with Gasteiger partial charge in [0.05, 0.1) is 11.6 Å². The number of aryl methyl sites for hydroxylation is 1. The molecule has 0 saturated heterocycles. The van der Waals surface area contributed by atoms with Crippen molar-refractivity contribution in [2.75, 3.05) is 0 Å². The van der Waals surface area contributed by atoms with Gasteiger partial charge in [-0.25, -0.2) is 14.6 Å². The number of aromatic nitrogens is 3. The average molecular weight is 412 g/mol. The number of aromatic amines is 2. The SMILES string of the molecule is Cc1c[nH]c2ccc(Oc3c(Cl)cc(Cn4oc(=O)[nH]c4=O)c4c3CCC4)cc12. The summed E-state index contributed by atoms with van der Waals surface area (Å²) >= 11 is 6.58. The van der Waals surface area contributed by atoms with E-state index in [1.165, 1.54) is 0 Å². The molecule has 29 heavy (non-hydrogen) atoms. The quantitative estimate of drug-likeness (QED) is 0.532. The van der Waals surface area contributed by atoms with Crippen molar-refractivity contribution in [3.05, 3.63) is 78.8 Å². The van der Waals surface area contributed by atoms with Gasteiger partial charge >= 0.3 is 11.4 Å². The minimum atomic E-state index is -0.770. The Hall–Kier alpha value is -3.19. The second-order valence-electron chi connectivity index (χ2n) is 7.28. The molecule has 0 spiro atoms. The van der Waals surface area contributed by atoms with Crippen LogP contribution in [0.4, 0.5) is 0 Å². The normalized spacial score (nSPS) is 13.2. The van der Waals surface area contributed by atoms with E-state index in [0.29, 0.717) is 10.8 Å². The van der Waals surface area contributed by atoms with Gasteiger partial charge in [0.2, 0.25) is 0 Å². The van der Waals surface area contributed by atoms with Crippen LogP contribution in [0.15, 0.2) is 44.6 Å². The Morgan fingerprint density at radius 2 is 2.03 bits per heavy atom. The van der Waals surface area contributed by atoms with Crippen LogP contribution >= 0.6 is 11.6 Å². The van der Waals surface area contributed by atoms with Crippen molar-refractivity contribution in [2.24, 2.45) is 0 Å². The lowest BCUT2D eigenvalue weighted by molar-refractivity contribution is 0.257. The Morgan fingerprint density at radius 1 is 1.21 bits per heavy atom. The second kappa shape index (κ2) is 6.70. The van der Waals surface area contributed by atoms with E-state index in [1.54, 1.807) is 6.07 Å². The van der Waals surface area contributed by atoms with E-state index in [1.807, 2.05) is 31.3 Å². The molecule has 1 aliphatic carbocycles. The minimum Gasteiger partial charge on any atom is -0.455 e. The van der Waals surface area contributed by atoms with Crippen molar-refractivity contribution >= 4 is 22.5 Å². The van der Waals surface area contributed by atoms with Crippen molar-refractivity contribution in [2.45, 2.75) is 32.7 Å². The summed E-state index contributed by atoms with van der Waals surface area (Å²) in [6.07, 6.45) is 4.64. The Balaban J connectivity index is 1.54. The lowest BCUT2D eigenvalue weighted by Crippen LogP contribution is -2.18. The van der Waals surface area contributed by atoms with Gasteiger partial charge in [0.15, 0.2) is 0 Å². The number of halogens is 1. The van der Waals surface area contributed by atoms with Gasteiger partial charge in [0.25, 0.3) is 0 Å². The maximum Gasteiger partial charge on any atom is 0.440 e. The fraction of sp³-hybridized carbons (Fsp3) is 0.238. The Labute approximate surface area is 169 Å². The number of fused-ring (bicyclic) bond motifs is 2. The van der Waals surface area contributed by atoms with Gasteiger partial charge in [-0.2, -0.15) is 0 Å². The second-order valence-corrected chi connectivity index (χ2v) is 7.69. The van der Waals surface area contributed by atoms with E-state index < -0.39 is 11.4 Å². The predicted octanol–water partition coefficient (Wildman–Crippen LogP) is 3.90. The fourth-order valence-corrected chi connectivity index (χ4v) is 4.33. The number of rotatable bonds is 4. The molecule has 8 heteroatoms. The Bertz CT molecular complexity index is 1360. The first-order valence-electron chi connectivity index (χ1n) is 9.39. The minimum absolute atomic E-state index is 0.147. The van der Waals surface area contributed by atoms with Crippen molar-refractivity contribution < 1.29 is 9.26 Å². The number of benzene rings is 2. The molecular weight excluding hydrogens is 394 g/mol. The number of nitrogens with zero attached hydrogens (tertiary/aromatic N) is 1. The third-order valence-electron chi connectivity index (χ3n) is 5.42. The van der Waals surface area contributed by atoms with Crippen LogP contribution in [0.5, 0.6) is 11.5 Å². The van der Waals surface area contributed by atoms with Gasteiger partial charge in [0, 0.05) is 17.1 Å². The molecule has 0 atom stereocenters. The summed E-state index contributed by atoms with van der Waals surface area (Å²) in [4.78, 5) is 28.4. The highest BCUT2D eigenvalue weighted by Gasteiger charge is 2.24. The summed E-state index contributed by atoms with van der Waals surface area (Å²) in [6.45, 7) is 2.19. The van der Waals surface area contributed by atoms with E-state index in [4.69, 9.17) is 20.9 Å². The summed E-state index contributed by atoms with van der Waals surface area (Å²) in [5.41, 5.74) is 4.63. The number of nitrogens with one attached hydrogen (secondary N) is 2. The molecule has 7 nitrogen and oxygen atoms in total. The molecule has 0 fully saturated rings. The molecule has 0 saturated carbocycles. The van der Waals surface area contributed by atoms with Gasteiger partial charge in [0.1, 0.15) is 11.5 Å². The highest BCUT2D eigenvalue weighted by molar-refractivity contribution is 6.32. The molecule has 2 aromatic heterocycles. The smallest absolute Gasteiger partial charge is 0.440 e. The molecular formula is C21H18ClN3O4.